The summed E-state index contributed by atoms with van der Waals surface area (Å²) < 4.78 is 5.39. The van der Waals surface area contributed by atoms with E-state index in [1.807, 2.05) is 30.3 Å². The van der Waals surface area contributed by atoms with E-state index in [0.29, 0.717) is 22.2 Å². The van der Waals surface area contributed by atoms with E-state index in [-0.39, 0.29) is 12.4 Å². The predicted octanol–water partition coefficient (Wildman–Crippen LogP) is 4.18. The van der Waals surface area contributed by atoms with Crippen molar-refractivity contribution in [3.63, 3.8) is 0 Å². The van der Waals surface area contributed by atoms with Gasteiger partial charge in [0.05, 0.1) is 5.02 Å². The van der Waals surface area contributed by atoms with Gasteiger partial charge in [-0.3, -0.25) is 4.79 Å². The number of benzene rings is 2. The number of ketones is 1. The molecule has 0 aliphatic carbocycles. The second kappa shape index (κ2) is 6.60. The molecule has 2 rings (SSSR count). The molecule has 0 saturated carbocycles. The fourth-order valence-corrected chi connectivity index (χ4v) is 1.95. The molecule has 0 fully saturated rings. The van der Waals surface area contributed by atoms with Crippen LogP contribution in [-0.2, 0) is 11.2 Å². The predicted molar refractivity (Wildman–Crippen MR) is 77.1 cm³/mol. The minimum atomic E-state index is -0.0189. The molecule has 0 saturated heterocycles. The summed E-state index contributed by atoms with van der Waals surface area (Å²) in [4.78, 5) is 11.8. The average Bonchev–Trinajstić information content (AvgIpc) is 2.41. The van der Waals surface area contributed by atoms with Crippen molar-refractivity contribution >= 4 is 29.0 Å². The molecule has 19 heavy (non-hydrogen) atoms. The van der Waals surface area contributed by atoms with Gasteiger partial charge < -0.3 is 4.74 Å². The fraction of sp³-hybridized carbons (Fsp3) is 0.133. The van der Waals surface area contributed by atoms with E-state index in [4.69, 9.17) is 27.9 Å². The van der Waals surface area contributed by atoms with Gasteiger partial charge in [-0.25, -0.2) is 0 Å². The van der Waals surface area contributed by atoms with E-state index in [1.54, 1.807) is 18.2 Å². The second-order valence-corrected chi connectivity index (χ2v) is 4.91. The lowest BCUT2D eigenvalue weighted by molar-refractivity contribution is -0.120. The number of ether oxygens (including phenoxy) is 1. The number of halogens is 2. The number of hydrogen-bond donors (Lipinski definition) is 0. The molecule has 0 aliphatic rings. The molecule has 2 aromatic carbocycles. The van der Waals surface area contributed by atoms with Crippen LogP contribution in [0.3, 0.4) is 0 Å². The van der Waals surface area contributed by atoms with Crippen molar-refractivity contribution in [1.29, 1.82) is 0 Å². The zero-order chi connectivity index (χ0) is 13.7. The van der Waals surface area contributed by atoms with Crippen molar-refractivity contribution < 1.29 is 9.53 Å². The first-order valence-electron chi connectivity index (χ1n) is 5.78. The maximum absolute atomic E-state index is 11.8. The van der Waals surface area contributed by atoms with Gasteiger partial charge in [-0.05, 0) is 17.7 Å². The largest absolute Gasteiger partial charge is 0.484 e. The Labute approximate surface area is 121 Å². The van der Waals surface area contributed by atoms with E-state index in [9.17, 15) is 4.79 Å². The zero-order valence-electron chi connectivity index (χ0n) is 10.1. The first-order valence-corrected chi connectivity index (χ1v) is 6.54. The van der Waals surface area contributed by atoms with Gasteiger partial charge in [-0.1, -0.05) is 53.5 Å². The second-order valence-electron chi connectivity index (χ2n) is 4.06. The van der Waals surface area contributed by atoms with Crippen molar-refractivity contribution in [2.45, 2.75) is 6.42 Å². The van der Waals surface area contributed by atoms with Crippen molar-refractivity contribution in [2.24, 2.45) is 0 Å². The van der Waals surface area contributed by atoms with Gasteiger partial charge in [-0.2, -0.15) is 0 Å². The van der Waals surface area contributed by atoms with Crippen molar-refractivity contribution in [3.05, 3.63) is 64.1 Å². The van der Waals surface area contributed by atoms with Crippen LogP contribution in [0.4, 0.5) is 0 Å². The highest BCUT2D eigenvalue weighted by Crippen LogP contribution is 2.27. The van der Waals surface area contributed by atoms with Crippen LogP contribution in [-0.4, -0.2) is 12.4 Å². The Morgan fingerprint density at radius 1 is 1.05 bits per heavy atom. The summed E-state index contributed by atoms with van der Waals surface area (Å²) in [6.45, 7) is -0.0189. The summed E-state index contributed by atoms with van der Waals surface area (Å²) in [6, 6.07) is 14.4. The Morgan fingerprint density at radius 2 is 1.79 bits per heavy atom. The van der Waals surface area contributed by atoms with Crippen molar-refractivity contribution in [2.75, 3.05) is 6.61 Å². The van der Waals surface area contributed by atoms with Gasteiger partial charge in [0.25, 0.3) is 0 Å². The number of Topliss-reactive ketones (excluding diaryl/α,β-unsaturated/α-hetero) is 1. The minimum Gasteiger partial charge on any atom is -0.484 e. The molecule has 0 atom stereocenters. The van der Waals surface area contributed by atoms with Crippen LogP contribution in [0.15, 0.2) is 48.5 Å². The molecule has 0 bridgehead atoms. The van der Waals surface area contributed by atoms with E-state index in [2.05, 4.69) is 0 Å². The number of carbonyl (C=O) groups excluding carboxylic acids is 1. The normalized spacial score (nSPS) is 10.2. The van der Waals surface area contributed by atoms with Gasteiger partial charge in [0, 0.05) is 17.5 Å². The van der Waals surface area contributed by atoms with Crippen LogP contribution in [0.2, 0.25) is 10.0 Å². The Balaban J connectivity index is 1.92. The number of carbonyl (C=O) groups is 1. The summed E-state index contributed by atoms with van der Waals surface area (Å²) >= 11 is 11.8. The number of rotatable bonds is 5. The molecule has 0 aromatic heterocycles. The number of hydrogen-bond acceptors (Lipinski definition) is 2. The molecule has 2 aromatic rings. The molecular formula is C15H12Cl2O2. The summed E-state index contributed by atoms with van der Waals surface area (Å²) in [7, 11) is 0. The van der Waals surface area contributed by atoms with Crippen LogP contribution >= 0.6 is 23.2 Å². The lowest BCUT2D eigenvalue weighted by Crippen LogP contribution is -2.13. The molecule has 0 unspecified atom stereocenters. The van der Waals surface area contributed by atoms with Gasteiger partial charge in [0.1, 0.15) is 12.4 Å². The van der Waals surface area contributed by atoms with Gasteiger partial charge in [-0.15, -0.1) is 0 Å². The fourth-order valence-electron chi connectivity index (χ4n) is 1.62. The summed E-state index contributed by atoms with van der Waals surface area (Å²) in [6.07, 6.45) is 0.346. The first kappa shape index (κ1) is 13.9. The smallest absolute Gasteiger partial charge is 0.174 e. The lowest BCUT2D eigenvalue weighted by Gasteiger charge is -2.07. The molecule has 0 aliphatic heterocycles. The summed E-state index contributed by atoms with van der Waals surface area (Å²) in [5, 5.41) is 0.965. The SMILES string of the molecule is O=C(COc1cc(Cl)ccc1Cl)Cc1ccccc1. The molecule has 0 radical (unpaired) electrons. The lowest BCUT2D eigenvalue weighted by atomic mass is 10.1. The highest BCUT2D eigenvalue weighted by Gasteiger charge is 2.07. The van der Waals surface area contributed by atoms with Gasteiger partial charge >= 0.3 is 0 Å². The van der Waals surface area contributed by atoms with Crippen LogP contribution < -0.4 is 4.74 Å². The molecule has 4 heteroatoms. The van der Waals surface area contributed by atoms with E-state index in [0.717, 1.165) is 5.56 Å². The average molecular weight is 295 g/mol. The van der Waals surface area contributed by atoms with E-state index >= 15 is 0 Å². The molecule has 98 valence electrons. The standard InChI is InChI=1S/C15H12Cl2O2/c16-12-6-7-14(17)15(9-12)19-10-13(18)8-11-4-2-1-3-5-11/h1-7,9H,8,10H2. The topological polar surface area (TPSA) is 26.3 Å². The third-order valence-corrected chi connectivity index (χ3v) is 3.07. The van der Waals surface area contributed by atoms with Crippen LogP contribution in [0, 0.1) is 0 Å². The van der Waals surface area contributed by atoms with E-state index in [1.165, 1.54) is 0 Å². The van der Waals surface area contributed by atoms with Crippen molar-refractivity contribution in [1.82, 2.24) is 0 Å². The highest BCUT2D eigenvalue weighted by atomic mass is 35.5. The molecule has 0 spiro atoms. The monoisotopic (exact) mass is 294 g/mol. The third-order valence-electron chi connectivity index (χ3n) is 2.53. The van der Waals surface area contributed by atoms with Gasteiger partial charge in [0.15, 0.2) is 5.78 Å². The maximum atomic E-state index is 11.8. The van der Waals surface area contributed by atoms with Crippen molar-refractivity contribution in [3.8, 4) is 5.75 Å². The van der Waals surface area contributed by atoms with Crippen LogP contribution in [0.1, 0.15) is 5.56 Å². The van der Waals surface area contributed by atoms with Crippen LogP contribution in [0.25, 0.3) is 0 Å². The van der Waals surface area contributed by atoms with E-state index < -0.39 is 0 Å². The third kappa shape index (κ3) is 4.27. The summed E-state index contributed by atoms with van der Waals surface area (Å²) in [5.74, 6) is 0.415. The molecule has 2 nitrogen and oxygen atoms in total. The zero-order valence-corrected chi connectivity index (χ0v) is 11.6. The summed E-state index contributed by atoms with van der Waals surface area (Å²) in [5.41, 5.74) is 0.966. The quantitative estimate of drug-likeness (QED) is 0.827. The highest BCUT2D eigenvalue weighted by molar-refractivity contribution is 6.34. The Kier molecular flexibility index (Phi) is 4.83. The Morgan fingerprint density at radius 3 is 2.53 bits per heavy atom. The van der Waals surface area contributed by atoms with Crippen LogP contribution in [0.5, 0.6) is 5.75 Å². The Hall–Kier alpha value is -1.51. The minimum absolute atomic E-state index is 0.0118. The molecule has 0 N–H and O–H groups in total. The molecule has 0 heterocycles. The Bertz CT molecular complexity index is 568. The molecular weight excluding hydrogens is 283 g/mol. The van der Waals surface area contributed by atoms with Gasteiger partial charge in [0.2, 0.25) is 0 Å². The molecule has 0 amide bonds. The first-order chi connectivity index (χ1) is 9.15. The maximum Gasteiger partial charge on any atom is 0.174 e.